The van der Waals surface area contributed by atoms with Gasteiger partial charge in [0, 0.05) is 12.4 Å². The van der Waals surface area contributed by atoms with E-state index in [1.165, 1.54) is 6.20 Å². The lowest BCUT2D eigenvalue weighted by molar-refractivity contribution is 1.19. The van der Waals surface area contributed by atoms with Crippen molar-refractivity contribution in [2.24, 2.45) is 0 Å². The van der Waals surface area contributed by atoms with Gasteiger partial charge < -0.3 is 0 Å². The van der Waals surface area contributed by atoms with Crippen LogP contribution in [0.3, 0.4) is 0 Å². The number of nitrogens with zero attached hydrogens (tertiary/aromatic N) is 2. The maximum absolute atomic E-state index is 3.67. The molecule has 0 aliphatic heterocycles. The van der Waals surface area contributed by atoms with Crippen molar-refractivity contribution in [3.05, 3.63) is 24.8 Å². The van der Waals surface area contributed by atoms with Gasteiger partial charge in [0.05, 0.1) is 6.20 Å². The van der Waals surface area contributed by atoms with E-state index in [-0.39, 0.29) is 17.0 Å². The van der Waals surface area contributed by atoms with Gasteiger partial charge >= 0.3 is 0 Å². The van der Waals surface area contributed by atoms with Crippen LogP contribution in [0.1, 0.15) is 0 Å². The first-order valence-electron chi connectivity index (χ1n) is 1.62. The van der Waals surface area contributed by atoms with Gasteiger partial charge in [0.15, 0.2) is 0 Å². The van der Waals surface area contributed by atoms with Gasteiger partial charge in [0.2, 0.25) is 0 Å². The minimum absolute atomic E-state index is 0. The van der Waals surface area contributed by atoms with Crippen molar-refractivity contribution in [3.8, 4) is 0 Å². The van der Waals surface area contributed by atoms with Crippen molar-refractivity contribution in [2.45, 2.75) is 0 Å². The highest BCUT2D eigenvalue weighted by Gasteiger charge is 1.60. The van der Waals surface area contributed by atoms with Crippen molar-refractivity contribution in [2.75, 3.05) is 0 Å². The van der Waals surface area contributed by atoms with Gasteiger partial charge in [-0.1, -0.05) is 0 Å². The van der Waals surface area contributed by atoms with Gasteiger partial charge in [0.1, 0.15) is 6.20 Å². The number of hydrogen-bond acceptors (Lipinski definition) is 2. The second kappa shape index (κ2) is 3.74. The fourth-order valence-corrected chi connectivity index (χ4v) is 0.225. The van der Waals surface area contributed by atoms with E-state index in [0.717, 1.165) is 0 Å². The summed E-state index contributed by atoms with van der Waals surface area (Å²) in [7, 11) is 0. The molecule has 3 heteroatoms. The second-order valence-electron chi connectivity index (χ2n) is 0.835. The SMILES string of the molecule is Br.[c]1cnccn1. The van der Waals surface area contributed by atoms with Gasteiger partial charge in [-0.25, -0.2) is 0 Å². The third kappa shape index (κ3) is 2.28. The van der Waals surface area contributed by atoms with Crippen molar-refractivity contribution in [1.29, 1.82) is 0 Å². The molecule has 0 bridgehead atoms. The Bertz CT molecular complexity index is 81.6. The van der Waals surface area contributed by atoms with Gasteiger partial charge in [-0.05, 0) is 0 Å². The van der Waals surface area contributed by atoms with Crippen molar-refractivity contribution in [1.82, 2.24) is 9.97 Å². The molecule has 0 saturated carbocycles. The summed E-state index contributed by atoms with van der Waals surface area (Å²) in [4.78, 5) is 7.26. The van der Waals surface area contributed by atoms with Gasteiger partial charge in [-0.15, -0.1) is 17.0 Å². The first kappa shape index (κ1) is 6.56. The van der Waals surface area contributed by atoms with E-state index >= 15 is 0 Å². The van der Waals surface area contributed by atoms with E-state index in [4.69, 9.17) is 0 Å². The minimum Gasteiger partial charge on any atom is -0.261 e. The van der Waals surface area contributed by atoms with Gasteiger partial charge in [0.25, 0.3) is 0 Å². The minimum atomic E-state index is 0. The molecule has 1 heterocycles. The predicted octanol–water partition coefficient (Wildman–Crippen LogP) is 0.855. The smallest absolute Gasteiger partial charge is 0.108 e. The van der Waals surface area contributed by atoms with Crippen LogP contribution < -0.4 is 0 Å². The number of halogens is 1. The van der Waals surface area contributed by atoms with E-state index in [1.54, 1.807) is 12.4 Å². The summed E-state index contributed by atoms with van der Waals surface area (Å²) in [5.41, 5.74) is 0. The molecule has 0 unspecified atom stereocenters. The molecule has 0 N–H and O–H groups in total. The molecule has 37 valence electrons. The second-order valence-corrected chi connectivity index (χ2v) is 0.835. The summed E-state index contributed by atoms with van der Waals surface area (Å²) < 4.78 is 0. The first-order valence-corrected chi connectivity index (χ1v) is 1.62. The van der Waals surface area contributed by atoms with Crippen LogP contribution in [0.15, 0.2) is 18.6 Å². The molecule has 0 amide bonds. The molecule has 0 saturated heterocycles. The Morgan fingerprint density at radius 3 is 2.29 bits per heavy atom. The summed E-state index contributed by atoms with van der Waals surface area (Å²) in [6.45, 7) is 0. The summed E-state index contributed by atoms with van der Waals surface area (Å²) in [6, 6.07) is 0. The maximum Gasteiger partial charge on any atom is 0.108 e. The zero-order valence-electron chi connectivity index (χ0n) is 3.53. The van der Waals surface area contributed by atoms with Crippen LogP contribution >= 0.6 is 17.0 Å². The highest BCUT2D eigenvalue weighted by atomic mass is 79.9. The Hall–Kier alpha value is -0.440. The molecule has 1 radical (unpaired) electrons. The third-order valence-corrected chi connectivity index (χ3v) is 0.434. The Morgan fingerprint density at radius 2 is 2.14 bits per heavy atom. The zero-order chi connectivity index (χ0) is 4.24. The Morgan fingerprint density at radius 1 is 1.29 bits per heavy atom. The lowest BCUT2D eigenvalue weighted by atomic mass is 10.8. The summed E-state index contributed by atoms with van der Waals surface area (Å²) >= 11 is 0. The molecule has 0 aromatic carbocycles. The largest absolute Gasteiger partial charge is 0.261 e. The average molecular weight is 160 g/mol. The van der Waals surface area contributed by atoms with E-state index in [9.17, 15) is 0 Å². The molecular weight excluding hydrogens is 156 g/mol. The van der Waals surface area contributed by atoms with Crippen molar-refractivity contribution < 1.29 is 0 Å². The first-order chi connectivity index (χ1) is 3.00. The lowest BCUT2D eigenvalue weighted by Crippen LogP contribution is -1.67. The lowest BCUT2D eigenvalue weighted by Gasteiger charge is -1.68. The summed E-state index contributed by atoms with van der Waals surface area (Å²) in [5, 5.41) is 0. The average Bonchev–Trinajstić information content (AvgIpc) is 1.72. The molecule has 1 aromatic heterocycles. The van der Waals surface area contributed by atoms with Gasteiger partial charge in [-0.2, -0.15) is 0 Å². The molecular formula is C4H4BrN2. The van der Waals surface area contributed by atoms with E-state index in [0.29, 0.717) is 0 Å². The summed E-state index contributed by atoms with van der Waals surface area (Å²) in [6.07, 6.45) is 7.24. The van der Waals surface area contributed by atoms with Crippen LogP contribution in [0.2, 0.25) is 0 Å². The van der Waals surface area contributed by atoms with E-state index in [1.807, 2.05) is 0 Å². The standard InChI is InChI=1S/C4H3N2.BrH/c1-2-6-4-3-5-1;/h1-3H;1H. The molecule has 0 spiro atoms. The molecule has 0 atom stereocenters. The Kier molecular flexibility index (Phi) is 3.50. The van der Waals surface area contributed by atoms with Crippen LogP contribution in [-0.4, -0.2) is 9.97 Å². The highest BCUT2D eigenvalue weighted by molar-refractivity contribution is 8.93. The number of aromatic nitrogens is 2. The molecule has 0 fully saturated rings. The molecule has 0 aliphatic carbocycles. The highest BCUT2D eigenvalue weighted by Crippen LogP contribution is 1.64. The normalized spacial score (nSPS) is 6.86. The Labute approximate surface area is 52.4 Å². The summed E-state index contributed by atoms with van der Waals surface area (Å²) in [5.74, 6) is 0. The predicted molar refractivity (Wildman–Crippen MR) is 31.2 cm³/mol. The monoisotopic (exact) mass is 159 g/mol. The van der Waals surface area contributed by atoms with Crippen LogP contribution in [0.25, 0.3) is 0 Å². The van der Waals surface area contributed by atoms with Crippen LogP contribution in [-0.2, 0) is 0 Å². The Balaban J connectivity index is 0.000000360. The molecule has 7 heavy (non-hydrogen) atoms. The van der Waals surface area contributed by atoms with Crippen LogP contribution in [0.4, 0.5) is 0 Å². The number of rotatable bonds is 0. The topological polar surface area (TPSA) is 25.8 Å². The molecule has 1 aromatic rings. The third-order valence-electron chi connectivity index (χ3n) is 0.434. The van der Waals surface area contributed by atoms with Gasteiger partial charge in [-0.3, -0.25) is 9.97 Å². The number of hydrogen-bond donors (Lipinski definition) is 0. The van der Waals surface area contributed by atoms with E-state index in [2.05, 4.69) is 16.2 Å². The fourth-order valence-electron chi connectivity index (χ4n) is 0.225. The zero-order valence-corrected chi connectivity index (χ0v) is 5.25. The fraction of sp³-hybridized carbons (Fsp3) is 0. The van der Waals surface area contributed by atoms with Crippen LogP contribution in [0.5, 0.6) is 0 Å². The molecule has 0 aliphatic rings. The molecule has 1 rings (SSSR count). The van der Waals surface area contributed by atoms with Crippen molar-refractivity contribution in [3.63, 3.8) is 0 Å². The maximum atomic E-state index is 3.67. The molecule has 2 nitrogen and oxygen atoms in total. The van der Waals surface area contributed by atoms with Crippen molar-refractivity contribution >= 4 is 17.0 Å². The van der Waals surface area contributed by atoms with Crippen LogP contribution in [0, 0.1) is 6.20 Å². The van der Waals surface area contributed by atoms with E-state index < -0.39 is 0 Å². The quantitative estimate of drug-likeness (QED) is 0.562.